The second kappa shape index (κ2) is 19.4. The van der Waals surface area contributed by atoms with E-state index in [0.717, 1.165) is 60.6 Å². The van der Waals surface area contributed by atoms with E-state index in [-0.39, 0.29) is 5.56 Å². The zero-order chi connectivity index (χ0) is 43.1. The minimum absolute atomic E-state index is 0.00269. The van der Waals surface area contributed by atoms with E-state index < -0.39 is 52.8 Å². The molecule has 1 aliphatic heterocycles. The molecule has 1 amide bonds. The molecule has 1 heterocycles. The lowest BCUT2D eigenvalue weighted by molar-refractivity contribution is -0.0435. The fraction of sp³-hybridized carbons (Fsp3) is 0.295. The summed E-state index contributed by atoms with van der Waals surface area (Å²) in [6.07, 6.45) is 3.25. The van der Waals surface area contributed by atoms with Crippen molar-refractivity contribution in [1.29, 1.82) is 0 Å². The van der Waals surface area contributed by atoms with E-state index >= 15 is 0 Å². The van der Waals surface area contributed by atoms with Crippen LogP contribution in [0.1, 0.15) is 35.2 Å². The molecule has 0 aromatic heterocycles. The molecule has 5 aromatic carbocycles. The number of sulfonamides is 1. The van der Waals surface area contributed by atoms with Crippen molar-refractivity contribution >= 4 is 60.5 Å². The van der Waals surface area contributed by atoms with Gasteiger partial charge < -0.3 is 15.1 Å². The highest BCUT2D eigenvalue weighted by Crippen LogP contribution is 2.37. The van der Waals surface area contributed by atoms with Gasteiger partial charge >= 0.3 is 5.51 Å². The van der Waals surface area contributed by atoms with Crippen molar-refractivity contribution in [3.63, 3.8) is 0 Å². The minimum Gasteiger partial charge on any atom is -0.380 e. The highest BCUT2D eigenvalue weighted by molar-refractivity contribution is 7.99. The van der Waals surface area contributed by atoms with Gasteiger partial charge in [-0.25, -0.2) is 21.6 Å². The number of alkyl halides is 3. The third kappa shape index (κ3) is 11.4. The molecular weight excluding hydrogens is 853 g/mol. The van der Waals surface area contributed by atoms with Gasteiger partial charge in [0.2, 0.25) is 0 Å². The summed E-state index contributed by atoms with van der Waals surface area (Å²) in [4.78, 5) is 16.1. The van der Waals surface area contributed by atoms with Gasteiger partial charge in [-0.2, -0.15) is 13.2 Å². The number of nitrogens with one attached hydrogen (secondary N) is 2. The van der Waals surface area contributed by atoms with E-state index in [1.807, 2.05) is 90.4 Å². The van der Waals surface area contributed by atoms with Gasteiger partial charge in [-0.1, -0.05) is 66.2 Å². The zero-order valence-electron chi connectivity index (χ0n) is 33.0. The summed E-state index contributed by atoms with van der Waals surface area (Å²) in [5.41, 5.74) is -1.72. The lowest BCUT2D eigenvalue weighted by Gasteiger charge is -2.34. The molecule has 0 bridgehead atoms. The van der Waals surface area contributed by atoms with Crippen LogP contribution >= 0.6 is 23.4 Å². The smallest absolute Gasteiger partial charge is 0.380 e. The van der Waals surface area contributed by atoms with Gasteiger partial charge in [-0.15, -0.1) is 11.8 Å². The summed E-state index contributed by atoms with van der Waals surface area (Å²) < 4.78 is 96.7. The number of piperidine rings is 1. The Morgan fingerprint density at radius 3 is 2.17 bits per heavy atom. The molecule has 0 unspecified atom stereocenters. The van der Waals surface area contributed by atoms with Crippen molar-refractivity contribution in [2.24, 2.45) is 5.92 Å². The summed E-state index contributed by atoms with van der Waals surface area (Å²) in [6.45, 7) is 2.10. The minimum atomic E-state index is -6.03. The summed E-state index contributed by atoms with van der Waals surface area (Å²) in [6, 6.07) is 33.8. The Hall–Kier alpha value is -4.54. The normalized spacial score (nSPS) is 14.6. The number of benzene rings is 5. The standard InChI is InChI=1S/C44H46ClF3N4O5S3/c1-51(2)25-24-36(30-58-38-9-4-3-5-10-38)49-41-21-20-39(29-42(41)59(54,55)44(46,47)48)60(56,57)50-43(53)33-14-18-37(19-15-33)52-26-22-31(23-27-52)28-34-8-6-7-11-40(34)32-12-16-35(45)17-13-32/h3-21,29,31,36,49H,22-28,30H2,1-2H3,(H,50,53)/t36-/m1/s1. The average Bonchev–Trinajstić information content (AvgIpc) is 3.22. The third-order valence-electron chi connectivity index (χ3n) is 10.4. The van der Waals surface area contributed by atoms with Crippen LogP contribution in [-0.4, -0.2) is 78.7 Å². The van der Waals surface area contributed by atoms with Crippen molar-refractivity contribution in [3.8, 4) is 11.1 Å². The van der Waals surface area contributed by atoms with Gasteiger partial charge in [-0.05, 0) is 136 Å². The molecule has 1 aliphatic rings. The highest BCUT2D eigenvalue weighted by Gasteiger charge is 2.48. The van der Waals surface area contributed by atoms with Crippen LogP contribution in [0.2, 0.25) is 5.02 Å². The number of rotatable bonds is 16. The Balaban J connectivity index is 1.12. The number of halogens is 4. The molecule has 2 N–H and O–H groups in total. The molecule has 5 aromatic rings. The predicted octanol–water partition coefficient (Wildman–Crippen LogP) is 9.40. The van der Waals surface area contributed by atoms with E-state index in [2.05, 4.69) is 22.3 Å². The van der Waals surface area contributed by atoms with Crippen molar-refractivity contribution in [2.75, 3.05) is 49.7 Å². The third-order valence-corrected chi connectivity index (χ3v) is 14.6. The Kier molecular flexibility index (Phi) is 14.6. The topological polar surface area (TPSA) is 116 Å². The second-order valence-electron chi connectivity index (χ2n) is 14.9. The fourth-order valence-electron chi connectivity index (χ4n) is 7.06. The molecule has 318 valence electrons. The first-order chi connectivity index (χ1) is 28.5. The fourth-order valence-corrected chi connectivity index (χ4v) is 10.2. The molecule has 1 fully saturated rings. The summed E-state index contributed by atoms with van der Waals surface area (Å²) in [5, 5.41) is 3.62. The van der Waals surface area contributed by atoms with Crippen LogP contribution in [0.3, 0.4) is 0 Å². The molecule has 0 saturated carbocycles. The van der Waals surface area contributed by atoms with Crippen molar-refractivity contribution in [3.05, 3.63) is 137 Å². The Morgan fingerprint density at radius 1 is 0.867 bits per heavy atom. The molecule has 60 heavy (non-hydrogen) atoms. The van der Waals surface area contributed by atoms with Crippen molar-refractivity contribution in [2.45, 2.75) is 51.9 Å². The van der Waals surface area contributed by atoms with Gasteiger partial charge in [0.05, 0.1) is 10.6 Å². The number of amides is 1. The van der Waals surface area contributed by atoms with Crippen LogP contribution < -0.4 is 14.9 Å². The molecule has 0 spiro atoms. The van der Waals surface area contributed by atoms with E-state index in [1.165, 1.54) is 35.0 Å². The van der Waals surface area contributed by atoms with Crippen LogP contribution in [0.5, 0.6) is 0 Å². The van der Waals surface area contributed by atoms with Crippen LogP contribution in [0, 0.1) is 5.92 Å². The first-order valence-electron chi connectivity index (χ1n) is 19.3. The molecule has 1 saturated heterocycles. The Morgan fingerprint density at radius 2 is 1.52 bits per heavy atom. The first kappa shape index (κ1) is 45.0. The number of carbonyl (C=O) groups excluding carboxylic acids is 1. The highest BCUT2D eigenvalue weighted by atomic mass is 35.5. The number of hydrogen-bond donors (Lipinski definition) is 2. The second-order valence-corrected chi connectivity index (χ2v) is 20.1. The van der Waals surface area contributed by atoms with E-state index in [0.29, 0.717) is 35.7 Å². The van der Waals surface area contributed by atoms with Crippen LogP contribution in [0.4, 0.5) is 24.5 Å². The largest absolute Gasteiger partial charge is 0.501 e. The Bertz CT molecular complexity index is 2470. The number of thioether (sulfide) groups is 1. The van der Waals surface area contributed by atoms with Crippen molar-refractivity contribution < 1.29 is 34.8 Å². The lowest BCUT2D eigenvalue weighted by atomic mass is 9.87. The van der Waals surface area contributed by atoms with Gasteiger partial charge in [0, 0.05) is 46.1 Å². The van der Waals surface area contributed by atoms with Gasteiger partial charge in [0.15, 0.2) is 0 Å². The molecule has 9 nitrogen and oxygen atoms in total. The van der Waals surface area contributed by atoms with Crippen LogP contribution in [-0.2, 0) is 26.3 Å². The van der Waals surface area contributed by atoms with Gasteiger partial charge in [0.25, 0.3) is 25.8 Å². The van der Waals surface area contributed by atoms with Crippen LogP contribution in [0.25, 0.3) is 11.1 Å². The summed E-state index contributed by atoms with van der Waals surface area (Å²) in [7, 11) is -7.19. The number of nitrogens with zero attached hydrogens (tertiary/aromatic N) is 2. The lowest BCUT2D eigenvalue weighted by Crippen LogP contribution is -2.34. The molecule has 6 rings (SSSR count). The number of sulfone groups is 1. The van der Waals surface area contributed by atoms with Crippen molar-refractivity contribution in [1.82, 2.24) is 9.62 Å². The Labute approximate surface area is 359 Å². The summed E-state index contributed by atoms with van der Waals surface area (Å²) in [5.74, 6) is -0.189. The number of carbonyl (C=O) groups is 1. The number of anilines is 2. The van der Waals surface area contributed by atoms with Crippen LogP contribution in [0.15, 0.2) is 136 Å². The maximum absolute atomic E-state index is 14.0. The average molecular weight is 900 g/mol. The van der Waals surface area contributed by atoms with Gasteiger partial charge in [-0.3, -0.25) is 4.79 Å². The van der Waals surface area contributed by atoms with E-state index in [9.17, 15) is 34.8 Å². The molecule has 0 aliphatic carbocycles. The molecule has 16 heteroatoms. The number of hydrogen-bond acceptors (Lipinski definition) is 9. The van der Waals surface area contributed by atoms with Gasteiger partial charge in [0.1, 0.15) is 4.90 Å². The maximum atomic E-state index is 14.0. The predicted molar refractivity (Wildman–Crippen MR) is 234 cm³/mol. The van der Waals surface area contributed by atoms with E-state index in [4.69, 9.17) is 11.6 Å². The monoisotopic (exact) mass is 898 g/mol. The first-order valence-corrected chi connectivity index (χ1v) is 23.6. The zero-order valence-corrected chi connectivity index (χ0v) is 36.2. The summed E-state index contributed by atoms with van der Waals surface area (Å²) >= 11 is 7.55. The maximum Gasteiger partial charge on any atom is 0.501 e. The SMILES string of the molecule is CN(C)CC[C@H](CSc1ccccc1)Nc1ccc(S(=O)(=O)NC(=O)c2ccc(N3CCC(Cc4ccccc4-c4ccc(Cl)cc4)CC3)cc2)cc1S(=O)(=O)C(F)(F)F. The quantitative estimate of drug-likeness (QED) is 0.0936. The molecule has 0 radical (unpaired) electrons. The molecule has 1 atom stereocenters. The molecular formula is C44H46ClF3N4O5S3. The van der Waals surface area contributed by atoms with E-state index in [1.54, 1.807) is 12.1 Å².